The normalized spacial score (nSPS) is 12.3. The lowest BCUT2D eigenvalue weighted by Gasteiger charge is -2.13. The molecule has 2 nitrogen and oxygen atoms in total. The summed E-state index contributed by atoms with van der Waals surface area (Å²) < 4.78 is 0. The van der Waals surface area contributed by atoms with Gasteiger partial charge in [0.25, 0.3) is 0 Å². The quantitative estimate of drug-likeness (QED) is 0.767. The van der Waals surface area contributed by atoms with E-state index in [4.69, 9.17) is 11.5 Å². The minimum Gasteiger partial charge on any atom is -0.330 e. The Hall–Kier alpha value is -0.570. The Labute approximate surface area is 111 Å². The third kappa shape index (κ3) is 5.53. The van der Waals surface area contributed by atoms with Gasteiger partial charge in [-0.05, 0) is 36.4 Å². The van der Waals surface area contributed by atoms with Crippen LogP contribution < -0.4 is 11.5 Å². The van der Waals surface area contributed by atoms with Crippen molar-refractivity contribution in [1.29, 1.82) is 0 Å². The van der Waals surface area contributed by atoms with Crippen LogP contribution in [0.3, 0.4) is 0 Å². The molecule has 0 radical (unpaired) electrons. The molecule has 1 aromatic rings. The molecule has 0 bridgehead atoms. The molecule has 0 aliphatic heterocycles. The number of halogens is 1. The van der Waals surface area contributed by atoms with Gasteiger partial charge in [0, 0.05) is 6.04 Å². The third-order valence-corrected chi connectivity index (χ3v) is 3.00. The van der Waals surface area contributed by atoms with Gasteiger partial charge in [0.2, 0.25) is 0 Å². The van der Waals surface area contributed by atoms with Crippen molar-refractivity contribution >= 4 is 12.4 Å². The monoisotopic (exact) mass is 256 g/mol. The summed E-state index contributed by atoms with van der Waals surface area (Å²) in [6, 6.07) is 8.84. The van der Waals surface area contributed by atoms with Crippen LogP contribution in [0, 0.1) is 0 Å². The number of nitrogens with two attached hydrogens (primary N) is 2. The first-order valence-electron chi connectivity index (χ1n) is 6.20. The molecule has 0 aliphatic rings. The molecule has 0 aromatic heterocycles. The van der Waals surface area contributed by atoms with Gasteiger partial charge in [-0.2, -0.15) is 0 Å². The zero-order valence-corrected chi connectivity index (χ0v) is 11.7. The second-order valence-electron chi connectivity index (χ2n) is 4.71. The average Bonchev–Trinajstić information content (AvgIpc) is 2.29. The van der Waals surface area contributed by atoms with Gasteiger partial charge in [-0.3, -0.25) is 0 Å². The van der Waals surface area contributed by atoms with Gasteiger partial charge in [0.15, 0.2) is 0 Å². The van der Waals surface area contributed by atoms with Crippen molar-refractivity contribution in [2.24, 2.45) is 11.5 Å². The topological polar surface area (TPSA) is 52.0 Å². The Kier molecular flexibility index (Phi) is 8.23. The zero-order valence-electron chi connectivity index (χ0n) is 10.9. The average molecular weight is 257 g/mol. The van der Waals surface area contributed by atoms with Crippen molar-refractivity contribution in [2.75, 3.05) is 6.54 Å². The maximum Gasteiger partial charge on any atom is 0.0294 e. The molecule has 98 valence electrons. The number of hydrogen-bond donors (Lipinski definition) is 2. The number of hydrogen-bond acceptors (Lipinski definition) is 2. The molecule has 1 atom stereocenters. The summed E-state index contributed by atoms with van der Waals surface area (Å²) in [4.78, 5) is 0. The van der Waals surface area contributed by atoms with E-state index in [2.05, 4.69) is 38.1 Å². The van der Waals surface area contributed by atoms with Crippen molar-refractivity contribution in [2.45, 2.75) is 45.1 Å². The summed E-state index contributed by atoms with van der Waals surface area (Å²) in [7, 11) is 0. The first-order valence-corrected chi connectivity index (χ1v) is 6.20. The smallest absolute Gasteiger partial charge is 0.0294 e. The molecular formula is C14H25ClN2. The van der Waals surface area contributed by atoms with Gasteiger partial charge < -0.3 is 11.5 Å². The number of benzene rings is 1. The van der Waals surface area contributed by atoms with Crippen LogP contribution >= 0.6 is 12.4 Å². The predicted molar refractivity (Wildman–Crippen MR) is 77.6 cm³/mol. The molecule has 0 aliphatic carbocycles. The highest BCUT2D eigenvalue weighted by Gasteiger charge is 2.06. The number of rotatable bonds is 6. The molecule has 3 heteroatoms. The van der Waals surface area contributed by atoms with Gasteiger partial charge >= 0.3 is 0 Å². The maximum atomic E-state index is 6.12. The second kappa shape index (κ2) is 8.51. The van der Waals surface area contributed by atoms with Crippen molar-refractivity contribution in [3.8, 4) is 0 Å². The Morgan fingerprint density at radius 1 is 1.00 bits per heavy atom. The van der Waals surface area contributed by atoms with E-state index < -0.39 is 0 Å². The van der Waals surface area contributed by atoms with Crippen LogP contribution in [-0.2, 0) is 0 Å². The molecule has 1 aromatic carbocycles. The van der Waals surface area contributed by atoms with E-state index in [1.807, 2.05) is 0 Å². The van der Waals surface area contributed by atoms with Crippen LogP contribution in [0.1, 0.15) is 56.2 Å². The fourth-order valence-electron chi connectivity index (χ4n) is 1.80. The fraction of sp³-hybridized carbons (Fsp3) is 0.571. The largest absolute Gasteiger partial charge is 0.330 e. The summed E-state index contributed by atoms with van der Waals surface area (Å²) in [5, 5.41) is 0. The van der Waals surface area contributed by atoms with E-state index in [1.54, 1.807) is 0 Å². The maximum absolute atomic E-state index is 6.12. The first-order chi connectivity index (χ1) is 7.65. The van der Waals surface area contributed by atoms with Crippen molar-refractivity contribution < 1.29 is 0 Å². The van der Waals surface area contributed by atoms with E-state index in [1.165, 1.54) is 11.1 Å². The van der Waals surface area contributed by atoms with Crippen LogP contribution in [0.2, 0.25) is 0 Å². The highest BCUT2D eigenvalue weighted by Crippen LogP contribution is 2.20. The molecule has 0 unspecified atom stereocenters. The third-order valence-electron chi connectivity index (χ3n) is 3.00. The van der Waals surface area contributed by atoms with Gasteiger partial charge in [-0.1, -0.05) is 44.5 Å². The predicted octanol–water partition coefficient (Wildman–Crippen LogP) is 3.36. The van der Waals surface area contributed by atoms with Crippen LogP contribution in [0.4, 0.5) is 0 Å². The van der Waals surface area contributed by atoms with Gasteiger partial charge in [0.05, 0.1) is 0 Å². The zero-order chi connectivity index (χ0) is 12.0. The van der Waals surface area contributed by atoms with E-state index in [9.17, 15) is 0 Å². The lowest BCUT2D eigenvalue weighted by molar-refractivity contribution is 0.591. The lowest BCUT2D eigenvalue weighted by atomic mass is 9.97. The molecule has 0 saturated carbocycles. The highest BCUT2D eigenvalue weighted by atomic mass is 35.5. The summed E-state index contributed by atoms with van der Waals surface area (Å²) >= 11 is 0. The first kappa shape index (κ1) is 16.4. The number of unbranched alkanes of at least 4 members (excludes halogenated alkanes) is 1. The Morgan fingerprint density at radius 2 is 1.53 bits per heavy atom. The molecule has 0 spiro atoms. The summed E-state index contributed by atoms with van der Waals surface area (Å²) in [6.07, 6.45) is 3.21. The second-order valence-corrected chi connectivity index (χ2v) is 4.71. The molecule has 17 heavy (non-hydrogen) atoms. The molecule has 0 fully saturated rings. The Bertz CT molecular complexity index is 296. The molecule has 0 saturated heterocycles. The van der Waals surface area contributed by atoms with Gasteiger partial charge in [-0.25, -0.2) is 0 Å². The standard InChI is InChI=1S/C14H24N2.ClH/c1-11(2)12-6-8-13(9-7-12)14(16)5-3-4-10-15;/h6-9,11,14H,3-5,10,15-16H2,1-2H3;1H/t14-;/m0./s1. The van der Waals surface area contributed by atoms with Crippen LogP contribution in [-0.4, -0.2) is 6.54 Å². The van der Waals surface area contributed by atoms with Crippen LogP contribution in [0.5, 0.6) is 0 Å². The van der Waals surface area contributed by atoms with Crippen molar-refractivity contribution in [3.63, 3.8) is 0 Å². The van der Waals surface area contributed by atoms with E-state index in [0.29, 0.717) is 5.92 Å². The molecule has 0 amide bonds. The summed E-state index contributed by atoms with van der Waals surface area (Å²) in [5.74, 6) is 0.586. The van der Waals surface area contributed by atoms with E-state index in [0.717, 1.165) is 25.8 Å². The molecule has 4 N–H and O–H groups in total. The summed E-state index contributed by atoms with van der Waals surface area (Å²) in [6.45, 7) is 5.17. The highest BCUT2D eigenvalue weighted by molar-refractivity contribution is 5.85. The van der Waals surface area contributed by atoms with E-state index in [-0.39, 0.29) is 18.4 Å². The minimum atomic E-state index is 0. The van der Waals surface area contributed by atoms with E-state index >= 15 is 0 Å². The fourth-order valence-corrected chi connectivity index (χ4v) is 1.80. The lowest BCUT2D eigenvalue weighted by Crippen LogP contribution is -2.11. The van der Waals surface area contributed by atoms with Gasteiger partial charge in [0.1, 0.15) is 0 Å². The molecular weight excluding hydrogens is 232 g/mol. The minimum absolute atomic E-state index is 0. The van der Waals surface area contributed by atoms with Crippen molar-refractivity contribution in [1.82, 2.24) is 0 Å². The van der Waals surface area contributed by atoms with Crippen molar-refractivity contribution in [3.05, 3.63) is 35.4 Å². The Balaban J connectivity index is 0.00000256. The van der Waals surface area contributed by atoms with Crippen LogP contribution in [0.15, 0.2) is 24.3 Å². The summed E-state index contributed by atoms with van der Waals surface area (Å²) in [5.41, 5.74) is 14.2. The van der Waals surface area contributed by atoms with Crippen LogP contribution in [0.25, 0.3) is 0 Å². The Morgan fingerprint density at radius 3 is 2.00 bits per heavy atom. The SMILES string of the molecule is CC(C)c1ccc([C@@H](N)CCCCN)cc1.Cl. The van der Waals surface area contributed by atoms with Gasteiger partial charge in [-0.15, -0.1) is 12.4 Å². The molecule has 1 rings (SSSR count). The molecule has 0 heterocycles.